The minimum Gasteiger partial charge on any atom is -0.497 e. The van der Waals surface area contributed by atoms with Crippen LogP contribution in [0.15, 0.2) is 35.5 Å². The Morgan fingerprint density at radius 2 is 1.94 bits per heavy atom. The summed E-state index contributed by atoms with van der Waals surface area (Å²) in [6.07, 6.45) is 6.44. The third-order valence-corrected chi connectivity index (χ3v) is 5.85. The second-order valence-corrected chi connectivity index (χ2v) is 8.54. The summed E-state index contributed by atoms with van der Waals surface area (Å²) in [6, 6.07) is 7.87. The Morgan fingerprint density at radius 3 is 2.62 bits per heavy atom. The van der Waals surface area contributed by atoms with Crippen molar-refractivity contribution in [2.24, 2.45) is 10.9 Å². The zero-order valence-electron chi connectivity index (χ0n) is 20.9. The number of nitrogens with one attached hydrogen (secondary N) is 3. The number of amides is 1. The van der Waals surface area contributed by atoms with E-state index in [9.17, 15) is 4.79 Å². The summed E-state index contributed by atoms with van der Waals surface area (Å²) in [5.74, 6) is 1.55. The van der Waals surface area contributed by atoms with Crippen molar-refractivity contribution in [2.75, 3.05) is 19.0 Å². The molecule has 0 fully saturated rings. The number of ether oxygens (including phenoxy) is 1. The number of unbranched alkanes of at least 4 members (excludes halogenated alkanes) is 1. The van der Waals surface area contributed by atoms with Gasteiger partial charge in [-0.05, 0) is 62.9 Å². The maximum atomic E-state index is 13.0. The Hall–Kier alpha value is -3.42. The Morgan fingerprint density at radius 1 is 1.18 bits per heavy atom. The van der Waals surface area contributed by atoms with Gasteiger partial charge in [-0.25, -0.2) is 9.97 Å². The second-order valence-electron chi connectivity index (χ2n) is 8.54. The minimum absolute atomic E-state index is 0.0246. The smallest absolute Gasteiger partial charge is 0.229 e. The number of carbonyl (C=O) groups is 1. The van der Waals surface area contributed by atoms with Crippen molar-refractivity contribution in [1.29, 1.82) is 0 Å². The van der Waals surface area contributed by atoms with E-state index in [1.165, 1.54) is 0 Å². The van der Waals surface area contributed by atoms with E-state index in [4.69, 9.17) is 4.74 Å². The molecular weight excluding hydrogens is 428 g/mol. The molecule has 182 valence electrons. The number of hydrogen-bond donors (Lipinski definition) is 3. The highest BCUT2D eigenvalue weighted by molar-refractivity contribution is 6.04. The van der Waals surface area contributed by atoms with E-state index in [0.717, 1.165) is 59.3 Å². The molecule has 34 heavy (non-hydrogen) atoms. The van der Waals surface area contributed by atoms with Gasteiger partial charge in [0, 0.05) is 41.0 Å². The molecule has 0 aliphatic carbocycles. The van der Waals surface area contributed by atoms with Gasteiger partial charge in [-0.15, -0.1) is 0 Å². The molecule has 0 aliphatic heterocycles. The first-order valence-corrected chi connectivity index (χ1v) is 12.0. The first-order chi connectivity index (χ1) is 16.4. The molecule has 3 aromatic rings. The quantitative estimate of drug-likeness (QED) is 0.292. The summed E-state index contributed by atoms with van der Waals surface area (Å²) >= 11 is 0. The largest absolute Gasteiger partial charge is 0.497 e. The maximum absolute atomic E-state index is 13.0. The zero-order chi connectivity index (χ0) is 24.5. The van der Waals surface area contributed by atoms with Crippen LogP contribution in [0.25, 0.3) is 10.9 Å². The van der Waals surface area contributed by atoms with Crippen LogP contribution in [0.1, 0.15) is 56.5 Å². The molecule has 0 radical (unpaired) electrons. The average Bonchev–Trinajstić information content (AvgIpc) is 3.21. The van der Waals surface area contributed by atoms with Crippen LogP contribution in [0.3, 0.4) is 0 Å². The number of nitrogens with zero attached hydrogens (tertiary/aromatic N) is 3. The van der Waals surface area contributed by atoms with E-state index in [-0.39, 0.29) is 11.8 Å². The van der Waals surface area contributed by atoms with Crippen LogP contribution in [0, 0.1) is 19.8 Å². The number of hydrogen-bond acceptors (Lipinski definition) is 5. The van der Waals surface area contributed by atoms with Gasteiger partial charge in [-0.2, -0.15) is 0 Å². The topological polar surface area (TPSA) is 104 Å². The zero-order valence-corrected chi connectivity index (χ0v) is 20.9. The molecule has 1 amide bonds. The third kappa shape index (κ3) is 6.79. The van der Waals surface area contributed by atoms with E-state index in [1.54, 1.807) is 7.11 Å². The number of aliphatic imine (C=N–C) groups is 1. The van der Waals surface area contributed by atoms with Crippen LogP contribution < -0.4 is 15.4 Å². The number of H-pyrrole nitrogens is 1. The van der Waals surface area contributed by atoms with Crippen molar-refractivity contribution >= 4 is 28.7 Å². The Bertz CT molecular complexity index is 1120. The molecular formula is C26H36N6O2. The number of aromatic nitrogens is 3. The molecule has 1 atom stereocenters. The molecule has 2 heterocycles. The highest BCUT2D eigenvalue weighted by atomic mass is 16.5. The van der Waals surface area contributed by atoms with Gasteiger partial charge in [-0.1, -0.05) is 26.7 Å². The summed E-state index contributed by atoms with van der Waals surface area (Å²) in [7, 11) is 1.66. The van der Waals surface area contributed by atoms with Crippen LogP contribution in [0.5, 0.6) is 5.75 Å². The van der Waals surface area contributed by atoms with Crippen molar-refractivity contribution < 1.29 is 9.53 Å². The normalized spacial score (nSPS) is 12.6. The molecule has 2 aromatic heterocycles. The summed E-state index contributed by atoms with van der Waals surface area (Å²) in [6.45, 7) is 8.50. The fourth-order valence-corrected chi connectivity index (χ4v) is 3.97. The second kappa shape index (κ2) is 12.2. The van der Waals surface area contributed by atoms with Crippen LogP contribution in [-0.2, 0) is 11.2 Å². The summed E-state index contributed by atoms with van der Waals surface area (Å²) in [5, 5.41) is 7.23. The fourth-order valence-electron chi connectivity index (χ4n) is 3.97. The standard InChI is InChI=1S/C26H36N6O2/c1-6-8-9-19(7-2)24(33)31-25(32-26-29-17(3)14-18(4)30-26)27-13-12-20-16-28-23-11-10-21(34-5)15-22(20)23/h10-11,14-16,19,28H,6-9,12-13H2,1-5H3,(H2,27,29,30,31,32,33). The summed E-state index contributed by atoms with van der Waals surface area (Å²) in [4.78, 5) is 29.8. The summed E-state index contributed by atoms with van der Waals surface area (Å²) in [5.41, 5.74) is 3.89. The van der Waals surface area contributed by atoms with Gasteiger partial charge in [0.25, 0.3) is 0 Å². The monoisotopic (exact) mass is 464 g/mol. The van der Waals surface area contributed by atoms with Gasteiger partial charge in [0.15, 0.2) is 0 Å². The first-order valence-electron chi connectivity index (χ1n) is 12.0. The van der Waals surface area contributed by atoms with Gasteiger partial charge in [0.1, 0.15) is 5.75 Å². The Kier molecular flexibility index (Phi) is 9.01. The van der Waals surface area contributed by atoms with E-state index < -0.39 is 0 Å². The molecule has 1 unspecified atom stereocenters. The van der Waals surface area contributed by atoms with Crippen molar-refractivity contribution in [3.05, 3.63) is 47.4 Å². The minimum atomic E-state index is -0.0480. The van der Waals surface area contributed by atoms with Crippen molar-refractivity contribution in [3.8, 4) is 5.75 Å². The predicted molar refractivity (Wildman–Crippen MR) is 137 cm³/mol. The molecule has 0 saturated heterocycles. The number of aryl methyl sites for hydroxylation is 2. The molecule has 1 aromatic carbocycles. The molecule has 8 heteroatoms. The van der Waals surface area contributed by atoms with E-state index in [1.807, 2.05) is 51.2 Å². The fraction of sp³-hybridized carbons (Fsp3) is 0.462. The Labute approximate surface area is 201 Å². The molecule has 0 bridgehead atoms. The SMILES string of the molecule is CCCCC(CC)C(=O)NC(=NCCc1c[nH]c2ccc(OC)cc12)Nc1nc(C)cc(C)n1. The van der Waals surface area contributed by atoms with Gasteiger partial charge in [0.05, 0.1) is 7.11 Å². The molecule has 3 N–H and O–H groups in total. The maximum Gasteiger partial charge on any atom is 0.229 e. The van der Waals surface area contributed by atoms with Crippen LogP contribution in [0.2, 0.25) is 0 Å². The number of anilines is 1. The molecule has 3 rings (SSSR count). The summed E-state index contributed by atoms with van der Waals surface area (Å²) < 4.78 is 5.37. The number of rotatable bonds is 10. The number of carbonyl (C=O) groups excluding carboxylic acids is 1. The van der Waals surface area contributed by atoms with E-state index in [0.29, 0.717) is 24.9 Å². The van der Waals surface area contributed by atoms with Crippen LogP contribution in [0.4, 0.5) is 5.95 Å². The predicted octanol–water partition coefficient (Wildman–Crippen LogP) is 4.93. The molecule has 0 saturated carbocycles. The molecule has 8 nitrogen and oxygen atoms in total. The number of benzene rings is 1. The first kappa shape index (κ1) is 25.2. The number of guanidine groups is 1. The highest BCUT2D eigenvalue weighted by Crippen LogP contribution is 2.24. The van der Waals surface area contributed by atoms with Gasteiger partial charge >= 0.3 is 0 Å². The lowest BCUT2D eigenvalue weighted by molar-refractivity contribution is -0.123. The average molecular weight is 465 g/mol. The van der Waals surface area contributed by atoms with Crippen molar-refractivity contribution in [3.63, 3.8) is 0 Å². The van der Waals surface area contributed by atoms with Crippen LogP contribution in [-0.4, -0.2) is 40.5 Å². The number of aromatic amines is 1. The lowest BCUT2D eigenvalue weighted by Crippen LogP contribution is -2.40. The van der Waals surface area contributed by atoms with Gasteiger partial charge in [-0.3, -0.25) is 20.4 Å². The van der Waals surface area contributed by atoms with Gasteiger partial charge < -0.3 is 9.72 Å². The Balaban J connectivity index is 1.78. The van der Waals surface area contributed by atoms with Crippen LogP contribution >= 0.6 is 0 Å². The number of methoxy groups -OCH3 is 1. The van der Waals surface area contributed by atoms with E-state index >= 15 is 0 Å². The highest BCUT2D eigenvalue weighted by Gasteiger charge is 2.18. The number of fused-ring (bicyclic) bond motifs is 1. The lowest BCUT2D eigenvalue weighted by Gasteiger charge is -2.16. The van der Waals surface area contributed by atoms with E-state index in [2.05, 4.69) is 37.5 Å². The molecule has 0 aliphatic rings. The van der Waals surface area contributed by atoms with Crippen molar-refractivity contribution in [1.82, 2.24) is 20.3 Å². The third-order valence-electron chi connectivity index (χ3n) is 5.85. The van der Waals surface area contributed by atoms with Crippen molar-refractivity contribution in [2.45, 2.75) is 59.8 Å². The molecule has 0 spiro atoms. The van der Waals surface area contributed by atoms with Gasteiger partial charge in [0.2, 0.25) is 17.8 Å². The lowest BCUT2D eigenvalue weighted by atomic mass is 9.98.